The standard InChI is InChI=1S/C20H20F2N8O5S3/c21-17(22)14-7-12-8-24-20(26-13-1-4-28(5-2-13)37(32)33)27-18(12)30(19(14)31)15-3-6-36-16(15)9-38(34,35)29-11-23-10-25-29/h3,6-8,10-11,13,17H,1-2,4-5,9H2,(H,32,33)(H,24,26,27). The Kier molecular flexibility index (Phi) is 7.32. The Morgan fingerprint density at radius 2 is 2.05 bits per heavy atom. The van der Waals surface area contributed by atoms with Gasteiger partial charge in [-0.15, -0.1) is 20.5 Å². The monoisotopic (exact) mass is 586 g/mol. The van der Waals surface area contributed by atoms with E-state index in [0.717, 1.165) is 34.6 Å². The van der Waals surface area contributed by atoms with Gasteiger partial charge in [-0.25, -0.2) is 35.7 Å². The molecule has 0 bridgehead atoms. The van der Waals surface area contributed by atoms with Crippen LogP contribution in [0, 0.1) is 0 Å². The quantitative estimate of drug-likeness (QED) is 0.291. The van der Waals surface area contributed by atoms with Crippen molar-refractivity contribution in [1.82, 2.24) is 33.0 Å². The average Bonchev–Trinajstić information content (AvgIpc) is 3.57. The summed E-state index contributed by atoms with van der Waals surface area (Å²) in [7, 11) is -4.00. The van der Waals surface area contributed by atoms with Gasteiger partial charge in [0.15, 0.2) is 5.65 Å². The van der Waals surface area contributed by atoms with E-state index in [0.29, 0.717) is 30.0 Å². The van der Waals surface area contributed by atoms with E-state index in [2.05, 4.69) is 25.4 Å². The molecule has 0 aliphatic carbocycles. The second kappa shape index (κ2) is 10.5. The van der Waals surface area contributed by atoms with E-state index in [1.807, 2.05) is 0 Å². The molecule has 5 heterocycles. The summed E-state index contributed by atoms with van der Waals surface area (Å²) in [6.45, 7) is 0.741. The van der Waals surface area contributed by atoms with Crippen LogP contribution in [-0.4, -0.2) is 69.3 Å². The average molecular weight is 587 g/mol. The number of piperidine rings is 1. The van der Waals surface area contributed by atoms with Crippen LogP contribution in [0.1, 0.15) is 29.7 Å². The fraction of sp³-hybridized carbons (Fsp3) is 0.350. The first-order valence-electron chi connectivity index (χ1n) is 11.1. The zero-order valence-corrected chi connectivity index (χ0v) is 21.8. The molecule has 202 valence electrons. The lowest BCUT2D eigenvalue weighted by Gasteiger charge is -2.29. The van der Waals surface area contributed by atoms with Gasteiger partial charge in [-0.1, -0.05) is 0 Å². The first-order valence-corrected chi connectivity index (χ1v) is 14.7. The summed E-state index contributed by atoms with van der Waals surface area (Å²) in [5.74, 6) is -0.428. The summed E-state index contributed by atoms with van der Waals surface area (Å²) in [5, 5.41) is 8.49. The smallest absolute Gasteiger partial charge is 0.269 e. The molecule has 5 rings (SSSR count). The number of nitrogens with zero attached hydrogens (tertiary/aromatic N) is 7. The maximum Gasteiger partial charge on any atom is 0.269 e. The van der Waals surface area contributed by atoms with Crippen LogP contribution in [0.4, 0.5) is 14.7 Å². The molecule has 4 aromatic heterocycles. The first kappa shape index (κ1) is 26.4. The Bertz CT molecular complexity index is 1650. The highest BCUT2D eigenvalue weighted by molar-refractivity contribution is 7.89. The Morgan fingerprint density at radius 1 is 1.29 bits per heavy atom. The van der Waals surface area contributed by atoms with Crippen LogP contribution in [0.2, 0.25) is 0 Å². The number of nitrogens with one attached hydrogen (secondary N) is 1. The number of anilines is 1. The summed E-state index contributed by atoms with van der Waals surface area (Å²) in [6.07, 6.45) is 1.37. The lowest BCUT2D eigenvalue weighted by atomic mass is 10.1. The van der Waals surface area contributed by atoms with Crippen molar-refractivity contribution in [3.63, 3.8) is 0 Å². The van der Waals surface area contributed by atoms with Gasteiger partial charge in [0, 0.05) is 35.6 Å². The van der Waals surface area contributed by atoms with Crippen LogP contribution < -0.4 is 10.9 Å². The van der Waals surface area contributed by atoms with Gasteiger partial charge in [-0.2, -0.15) is 4.98 Å². The van der Waals surface area contributed by atoms with Gasteiger partial charge < -0.3 is 5.32 Å². The maximum atomic E-state index is 13.8. The number of hydrogen-bond donors (Lipinski definition) is 2. The van der Waals surface area contributed by atoms with Crippen molar-refractivity contribution in [3.8, 4) is 5.69 Å². The van der Waals surface area contributed by atoms with Crippen LogP contribution in [0.15, 0.2) is 41.2 Å². The molecule has 0 amide bonds. The first-order chi connectivity index (χ1) is 18.1. The van der Waals surface area contributed by atoms with E-state index in [9.17, 15) is 30.8 Å². The highest BCUT2D eigenvalue weighted by Gasteiger charge is 2.26. The minimum Gasteiger partial charge on any atom is -0.351 e. The van der Waals surface area contributed by atoms with Gasteiger partial charge in [-0.05, 0) is 30.4 Å². The highest BCUT2D eigenvalue weighted by atomic mass is 32.2. The molecule has 2 N–H and O–H groups in total. The van der Waals surface area contributed by atoms with Gasteiger partial charge in [0.2, 0.25) is 17.2 Å². The summed E-state index contributed by atoms with van der Waals surface area (Å²) in [6, 6.07) is 2.36. The van der Waals surface area contributed by atoms with Crippen LogP contribution in [0.3, 0.4) is 0 Å². The number of halogens is 2. The molecule has 1 saturated heterocycles. The minimum absolute atomic E-state index is 0.0172. The van der Waals surface area contributed by atoms with Crippen molar-refractivity contribution < 1.29 is 26.0 Å². The molecule has 4 aromatic rings. The van der Waals surface area contributed by atoms with E-state index < -0.39 is 44.6 Å². The fourth-order valence-corrected chi connectivity index (χ4v) is 7.00. The minimum atomic E-state index is -4.00. The number of thiophene rings is 1. The highest BCUT2D eigenvalue weighted by Crippen LogP contribution is 2.28. The van der Waals surface area contributed by atoms with Gasteiger partial charge in [0.25, 0.3) is 22.0 Å². The third-order valence-electron chi connectivity index (χ3n) is 5.97. The van der Waals surface area contributed by atoms with E-state index in [1.165, 1.54) is 16.6 Å². The van der Waals surface area contributed by atoms with Gasteiger partial charge in [-0.3, -0.25) is 13.9 Å². The Morgan fingerprint density at radius 3 is 2.71 bits per heavy atom. The second-order valence-corrected chi connectivity index (χ2v) is 12.2. The maximum absolute atomic E-state index is 13.8. The normalized spacial score (nSPS) is 16.3. The van der Waals surface area contributed by atoms with Crippen molar-refractivity contribution in [3.05, 3.63) is 57.2 Å². The van der Waals surface area contributed by atoms with Crippen molar-refractivity contribution in [2.24, 2.45) is 0 Å². The van der Waals surface area contributed by atoms with E-state index in [-0.39, 0.29) is 33.6 Å². The van der Waals surface area contributed by atoms with Crippen LogP contribution in [0.5, 0.6) is 0 Å². The van der Waals surface area contributed by atoms with Crippen molar-refractivity contribution in [1.29, 1.82) is 0 Å². The zero-order valence-electron chi connectivity index (χ0n) is 19.3. The molecule has 1 aliphatic rings. The van der Waals surface area contributed by atoms with Gasteiger partial charge in [0.05, 0.1) is 11.3 Å². The number of rotatable bonds is 8. The summed E-state index contributed by atoms with van der Waals surface area (Å²) < 4.78 is 76.8. The molecule has 1 fully saturated rings. The SMILES string of the molecule is O=c1c(C(F)F)cc2cnc(NC3CCN(S(=O)O)CC3)nc2n1-c1ccsc1CS(=O)(=O)n1cncn1. The van der Waals surface area contributed by atoms with Crippen molar-refractivity contribution in [2.45, 2.75) is 31.1 Å². The molecule has 0 spiro atoms. The molecule has 1 unspecified atom stereocenters. The van der Waals surface area contributed by atoms with Crippen molar-refractivity contribution >= 4 is 49.6 Å². The predicted molar refractivity (Wildman–Crippen MR) is 135 cm³/mol. The predicted octanol–water partition coefficient (Wildman–Crippen LogP) is 1.76. The lowest BCUT2D eigenvalue weighted by Crippen LogP contribution is -2.40. The molecular weight excluding hydrogens is 566 g/mol. The topological polar surface area (TPSA) is 165 Å². The molecular formula is C20H20F2N8O5S3. The zero-order chi connectivity index (χ0) is 27.0. The Labute approximate surface area is 220 Å². The molecule has 0 saturated carbocycles. The third kappa shape index (κ3) is 5.21. The molecule has 38 heavy (non-hydrogen) atoms. The van der Waals surface area contributed by atoms with E-state index >= 15 is 0 Å². The second-order valence-electron chi connectivity index (χ2n) is 8.35. The molecule has 1 aliphatic heterocycles. The molecule has 1 atom stereocenters. The molecule has 0 radical (unpaired) electrons. The van der Waals surface area contributed by atoms with Crippen LogP contribution in [-0.2, 0) is 27.0 Å². The molecule has 13 nitrogen and oxygen atoms in total. The number of fused-ring (bicyclic) bond motifs is 1. The van der Waals surface area contributed by atoms with Gasteiger partial charge >= 0.3 is 0 Å². The number of aromatic nitrogens is 6. The summed E-state index contributed by atoms with van der Waals surface area (Å²) in [4.78, 5) is 25.7. The fourth-order valence-electron chi connectivity index (χ4n) is 4.12. The molecule has 0 aromatic carbocycles. The summed E-state index contributed by atoms with van der Waals surface area (Å²) >= 11 is -1.02. The summed E-state index contributed by atoms with van der Waals surface area (Å²) in [5.41, 5.74) is -1.70. The number of alkyl halides is 2. The number of pyridine rings is 1. The lowest BCUT2D eigenvalue weighted by molar-refractivity contribution is 0.149. The Hall–Kier alpha value is -3.19. The largest absolute Gasteiger partial charge is 0.351 e. The molecule has 18 heteroatoms. The number of hydrogen-bond acceptors (Lipinski definition) is 10. The van der Waals surface area contributed by atoms with Crippen LogP contribution >= 0.6 is 11.3 Å². The van der Waals surface area contributed by atoms with Gasteiger partial charge in [0.1, 0.15) is 18.4 Å². The van der Waals surface area contributed by atoms with E-state index in [4.69, 9.17) is 0 Å². The Balaban J connectivity index is 1.56. The van der Waals surface area contributed by atoms with Crippen LogP contribution in [0.25, 0.3) is 16.7 Å². The third-order valence-corrected chi connectivity index (χ3v) is 9.28. The van der Waals surface area contributed by atoms with Crippen molar-refractivity contribution in [2.75, 3.05) is 18.4 Å². The van der Waals surface area contributed by atoms with E-state index in [1.54, 1.807) is 5.38 Å².